The van der Waals surface area contributed by atoms with E-state index in [1.54, 1.807) is 27.7 Å². The van der Waals surface area contributed by atoms with Crippen molar-refractivity contribution in [2.24, 2.45) is 0 Å². The normalized spacial score (nSPS) is 12.1. The van der Waals surface area contributed by atoms with Gasteiger partial charge >= 0.3 is 0 Å². The molecule has 1 aromatic heterocycles. The minimum Gasteiger partial charge on any atom is -0.387 e. The van der Waals surface area contributed by atoms with Crippen molar-refractivity contribution >= 4 is 24.2 Å². The van der Waals surface area contributed by atoms with Crippen molar-refractivity contribution in [1.82, 2.24) is 4.98 Å². The molecule has 0 atom stereocenters. The molecule has 2 aromatic rings. The summed E-state index contributed by atoms with van der Waals surface area (Å²) < 4.78 is 0. The average molecular weight is 245 g/mol. The van der Waals surface area contributed by atoms with Gasteiger partial charge in [0.15, 0.2) is 0 Å². The number of benzene rings is 1. The van der Waals surface area contributed by atoms with Crippen molar-refractivity contribution in [3.63, 3.8) is 0 Å². The maximum atomic E-state index is 9.10. The monoisotopic (exact) mass is 245 g/mol. The third kappa shape index (κ3) is 3.62. The van der Waals surface area contributed by atoms with E-state index in [2.05, 4.69) is 4.98 Å². The Morgan fingerprint density at radius 3 is 2.00 bits per heavy atom. The molecule has 0 saturated heterocycles. The van der Waals surface area contributed by atoms with E-state index >= 15 is 0 Å². The molecular formula is C14H20BNO2. The van der Waals surface area contributed by atoms with E-state index in [1.165, 1.54) is 0 Å². The van der Waals surface area contributed by atoms with Gasteiger partial charge in [-0.3, -0.25) is 0 Å². The topological polar surface area (TPSA) is 56.2 Å². The minimum absolute atomic E-state index is 0.832. The van der Waals surface area contributed by atoms with Crippen LogP contribution in [-0.4, -0.2) is 34.2 Å². The Labute approximate surface area is 109 Å². The first-order valence-electron chi connectivity index (χ1n) is 5.89. The predicted molar refractivity (Wildman–Crippen MR) is 76.3 cm³/mol. The van der Waals surface area contributed by atoms with Crippen LogP contribution in [0.1, 0.15) is 27.7 Å². The number of H-pyrrole nitrogens is 1. The van der Waals surface area contributed by atoms with Gasteiger partial charge in [-0.2, -0.15) is 0 Å². The lowest BCUT2D eigenvalue weighted by Crippen LogP contribution is -2.44. The molecule has 2 radical (unpaired) electrons. The zero-order valence-corrected chi connectivity index (χ0v) is 11.4. The van der Waals surface area contributed by atoms with E-state index in [1.807, 2.05) is 30.5 Å². The van der Waals surface area contributed by atoms with E-state index in [0.717, 1.165) is 16.4 Å². The van der Waals surface area contributed by atoms with E-state index in [9.17, 15) is 0 Å². The Morgan fingerprint density at radius 2 is 1.56 bits per heavy atom. The van der Waals surface area contributed by atoms with Crippen molar-refractivity contribution in [3.05, 3.63) is 30.5 Å². The molecule has 96 valence electrons. The summed E-state index contributed by atoms with van der Waals surface area (Å²) in [7, 11) is 5.68. The summed E-state index contributed by atoms with van der Waals surface area (Å²) in [6.45, 7) is 6.31. The lowest BCUT2D eigenvalue weighted by molar-refractivity contribution is -0.107. The summed E-state index contributed by atoms with van der Waals surface area (Å²) in [6.07, 6.45) is 1.89. The van der Waals surface area contributed by atoms with Gasteiger partial charge in [-0.15, -0.1) is 0 Å². The van der Waals surface area contributed by atoms with Crippen molar-refractivity contribution in [3.8, 4) is 0 Å². The molecule has 0 bridgehead atoms. The number of aromatic nitrogens is 1. The highest BCUT2D eigenvalue weighted by atomic mass is 16.3. The van der Waals surface area contributed by atoms with Crippen LogP contribution in [0.4, 0.5) is 0 Å². The van der Waals surface area contributed by atoms with Crippen LogP contribution in [-0.2, 0) is 0 Å². The van der Waals surface area contributed by atoms with Gasteiger partial charge in [0.05, 0.1) is 11.2 Å². The molecule has 4 heteroatoms. The quantitative estimate of drug-likeness (QED) is 0.667. The molecule has 2 rings (SSSR count). The fourth-order valence-corrected chi connectivity index (χ4v) is 1.11. The van der Waals surface area contributed by atoms with Crippen molar-refractivity contribution in [2.45, 2.75) is 38.9 Å². The zero-order valence-electron chi connectivity index (χ0n) is 11.4. The third-order valence-electron chi connectivity index (χ3n) is 3.13. The molecule has 0 spiro atoms. The molecule has 1 heterocycles. The van der Waals surface area contributed by atoms with Crippen LogP contribution >= 0.6 is 0 Å². The first-order valence-corrected chi connectivity index (χ1v) is 5.89. The largest absolute Gasteiger partial charge is 0.387 e. The third-order valence-corrected chi connectivity index (χ3v) is 3.13. The second kappa shape index (κ2) is 5.16. The van der Waals surface area contributed by atoms with Crippen LogP contribution in [0.15, 0.2) is 30.5 Å². The van der Waals surface area contributed by atoms with Gasteiger partial charge in [0.2, 0.25) is 0 Å². The van der Waals surface area contributed by atoms with E-state index in [-0.39, 0.29) is 0 Å². The molecule has 0 fully saturated rings. The number of aliphatic hydroxyl groups is 2. The Balaban J connectivity index is 0.000000187. The Kier molecular flexibility index (Phi) is 4.25. The first kappa shape index (κ1) is 14.8. The first-order chi connectivity index (χ1) is 8.13. The Bertz CT molecular complexity index is 494. The molecule has 0 aliphatic heterocycles. The Hall–Kier alpha value is -1.26. The molecule has 18 heavy (non-hydrogen) atoms. The van der Waals surface area contributed by atoms with Gasteiger partial charge in [-0.1, -0.05) is 17.6 Å². The smallest absolute Gasteiger partial charge is 0.114 e. The summed E-state index contributed by atoms with van der Waals surface area (Å²) in [6, 6.07) is 7.82. The summed E-state index contributed by atoms with van der Waals surface area (Å²) in [4.78, 5) is 3.08. The fraction of sp³-hybridized carbons (Fsp3) is 0.429. The van der Waals surface area contributed by atoms with Gasteiger partial charge in [0.25, 0.3) is 0 Å². The second-order valence-electron chi connectivity index (χ2n) is 5.40. The van der Waals surface area contributed by atoms with Crippen molar-refractivity contribution in [2.75, 3.05) is 0 Å². The lowest BCUT2D eigenvalue weighted by atomic mass is 9.90. The molecule has 0 unspecified atom stereocenters. The minimum atomic E-state index is -1.01. The summed E-state index contributed by atoms with van der Waals surface area (Å²) in [5.41, 5.74) is -0.0845. The molecule has 3 N–H and O–H groups in total. The maximum Gasteiger partial charge on any atom is 0.114 e. The van der Waals surface area contributed by atoms with Gasteiger partial charge in [-0.05, 0) is 45.2 Å². The standard InChI is InChI=1S/C8H6BN.C6H14O2/c9-7-2-1-3-8-6(7)4-5-10-8;1-5(2,7)6(3,4)8/h1-5,10H;7-8H,1-4H3. The van der Waals surface area contributed by atoms with Gasteiger partial charge < -0.3 is 15.2 Å². The number of hydrogen-bond donors (Lipinski definition) is 3. The van der Waals surface area contributed by atoms with Crippen LogP contribution in [0, 0.1) is 0 Å². The van der Waals surface area contributed by atoms with Gasteiger partial charge in [0, 0.05) is 11.7 Å². The maximum absolute atomic E-state index is 9.10. The number of aromatic amines is 1. The SMILES string of the molecule is CC(C)(O)C(C)(C)O.[B]c1cccc2[nH]ccc12. The van der Waals surface area contributed by atoms with Gasteiger partial charge in [-0.25, -0.2) is 0 Å². The summed E-state index contributed by atoms with van der Waals surface area (Å²) in [5.74, 6) is 0. The number of hydrogen-bond acceptors (Lipinski definition) is 2. The zero-order chi connectivity index (χ0) is 14.0. The van der Waals surface area contributed by atoms with Crippen molar-refractivity contribution in [1.29, 1.82) is 0 Å². The van der Waals surface area contributed by atoms with Crippen LogP contribution in [0.5, 0.6) is 0 Å². The number of nitrogens with one attached hydrogen (secondary N) is 1. The lowest BCUT2D eigenvalue weighted by Gasteiger charge is -2.31. The summed E-state index contributed by atoms with van der Waals surface area (Å²) >= 11 is 0. The van der Waals surface area contributed by atoms with Crippen LogP contribution in [0.25, 0.3) is 10.9 Å². The van der Waals surface area contributed by atoms with Crippen LogP contribution in [0.3, 0.4) is 0 Å². The second-order valence-corrected chi connectivity index (χ2v) is 5.40. The number of rotatable bonds is 1. The van der Waals surface area contributed by atoms with Crippen LogP contribution < -0.4 is 5.46 Å². The predicted octanol–water partition coefficient (Wildman–Crippen LogP) is 1.49. The van der Waals surface area contributed by atoms with Crippen LogP contribution in [0.2, 0.25) is 0 Å². The Morgan fingerprint density at radius 1 is 1.00 bits per heavy atom. The summed E-state index contributed by atoms with van der Waals surface area (Å²) in [5, 5.41) is 19.3. The highest BCUT2D eigenvalue weighted by Crippen LogP contribution is 2.19. The fourth-order valence-electron chi connectivity index (χ4n) is 1.11. The van der Waals surface area contributed by atoms with E-state index in [0.29, 0.717) is 0 Å². The van der Waals surface area contributed by atoms with Crippen molar-refractivity contribution < 1.29 is 10.2 Å². The van der Waals surface area contributed by atoms with Gasteiger partial charge in [0.1, 0.15) is 7.85 Å². The highest BCUT2D eigenvalue weighted by molar-refractivity contribution is 6.38. The molecule has 0 saturated carbocycles. The van der Waals surface area contributed by atoms with E-state index in [4.69, 9.17) is 18.1 Å². The molecule has 0 aliphatic rings. The highest BCUT2D eigenvalue weighted by Gasteiger charge is 2.31. The molecule has 3 nitrogen and oxygen atoms in total. The molecule has 0 aliphatic carbocycles. The average Bonchev–Trinajstić information content (AvgIpc) is 2.64. The van der Waals surface area contributed by atoms with E-state index < -0.39 is 11.2 Å². The molecular weight excluding hydrogens is 225 g/mol. The number of fused-ring (bicyclic) bond motifs is 1. The molecule has 0 amide bonds. The molecule has 1 aromatic carbocycles.